The molecule has 0 saturated heterocycles. The maximum Gasteiger partial charge on any atom is 0.220 e. The van der Waals surface area contributed by atoms with Gasteiger partial charge in [0.1, 0.15) is 0 Å². The highest BCUT2D eigenvalue weighted by atomic mass is 32.1. The lowest BCUT2D eigenvalue weighted by molar-refractivity contribution is -0.121. The maximum absolute atomic E-state index is 11.6. The van der Waals surface area contributed by atoms with Crippen LogP contribution in [0.25, 0.3) is 0 Å². The molecular weight excluding hydrogens is 244 g/mol. The van der Waals surface area contributed by atoms with Gasteiger partial charge in [0.15, 0.2) is 0 Å². The minimum absolute atomic E-state index is 0.0404. The van der Waals surface area contributed by atoms with Crippen molar-refractivity contribution in [2.45, 2.75) is 26.7 Å². The number of aryl methyl sites for hydroxylation is 2. The van der Waals surface area contributed by atoms with Gasteiger partial charge >= 0.3 is 0 Å². The highest BCUT2D eigenvalue weighted by Crippen LogP contribution is 2.05. The molecule has 0 spiro atoms. The van der Waals surface area contributed by atoms with E-state index >= 15 is 0 Å². The third-order valence-electron chi connectivity index (χ3n) is 2.85. The summed E-state index contributed by atoms with van der Waals surface area (Å²) in [7, 11) is 0. The van der Waals surface area contributed by atoms with Crippen LogP contribution in [0.1, 0.15) is 24.5 Å². The van der Waals surface area contributed by atoms with E-state index in [-0.39, 0.29) is 11.8 Å². The number of rotatable bonds is 6. The van der Waals surface area contributed by atoms with E-state index in [9.17, 15) is 4.79 Å². The fourth-order valence-electron chi connectivity index (χ4n) is 1.47. The Morgan fingerprint density at radius 3 is 2.56 bits per heavy atom. The Morgan fingerprint density at radius 2 is 2.00 bits per heavy atom. The van der Waals surface area contributed by atoms with Gasteiger partial charge in [0.05, 0.1) is 4.99 Å². The molecule has 18 heavy (non-hydrogen) atoms. The minimum Gasteiger partial charge on any atom is -0.393 e. The van der Waals surface area contributed by atoms with Crippen molar-refractivity contribution in [3.05, 3.63) is 35.4 Å². The molecule has 1 amide bonds. The first-order valence-corrected chi connectivity index (χ1v) is 6.51. The third kappa shape index (κ3) is 5.27. The fraction of sp³-hybridized carbons (Fsp3) is 0.429. The molecule has 0 aliphatic heterocycles. The Kier molecular flexibility index (Phi) is 5.78. The number of carbonyl (C=O) groups is 1. The molecule has 0 saturated carbocycles. The summed E-state index contributed by atoms with van der Waals surface area (Å²) < 4.78 is 0. The minimum atomic E-state index is 0.0404. The van der Waals surface area contributed by atoms with Crippen molar-refractivity contribution in [3.8, 4) is 0 Å². The molecule has 3 N–H and O–H groups in total. The molecule has 1 atom stereocenters. The molecule has 0 aliphatic rings. The highest BCUT2D eigenvalue weighted by molar-refractivity contribution is 7.80. The molecule has 0 aromatic heterocycles. The number of amides is 1. The normalized spacial score (nSPS) is 11.9. The maximum atomic E-state index is 11.6. The van der Waals surface area contributed by atoms with Crippen LogP contribution in [0, 0.1) is 12.8 Å². The van der Waals surface area contributed by atoms with Gasteiger partial charge in [-0.3, -0.25) is 4.79 Å². The number of hydrogen-bond donors (Lipinski definition) is 2. The largest absolute Gasteiger partial charge is 0.393 e. The quantitative estimate of drug-likeness (QED) is 0.772. The average molecular weight is 264 g/mol. The summed E-state index contributed by atoms with van der Waals surface area (Å²) >= 11 is 4.85. The SMILES string of the molecule is Cc1ccc(CCC(=O)NCC(C)C(N)=S)cc1. The summed E-state index contributed by atoms with van der Waals surface area (Å²) in [5, 5.41) is 2.84. The molecule has 0 bridgehead atoms. The van der Waals surface area contributed by atoms with Crippen LogP contribution in [0.15, 0.2) is 24.3 Å². The van der Waals surface area contributed by atoms with E-state index in [1.165, 1.54) is 11.1 Å². The van der Waals surface area contributed by atoms with Crippen molar-refractivity contribution in [3.63, 3.8) is 0 Å². The van der Waals surface area contributed by atoms with Crippen LogP contribution < -0.4 is 11.1 Å². The van der Waals surface area contributed by atoms with Gasteiger partial charge in [-0.1, -0.05) is 49.0 Å². The Balaban J connectivity index is 2.29. The fourth-order valence-corrected chi connectivity index (χ4v) is 1.55. The van der Waals surface area contributed by atoms with Gasteiger partial charge in [-0.2, -0.15) is 0 Å². The standard InChI is InChI=1S/C14H20N2OS/c1-10-3-5-12(6-4-10)7-8-13(17)16-9-11(2)14(15)18/h3-6,11H,7-9H2,1-2H3,(H2,15,18)(H,16,17). The van der Waals surface area contributed by atoms with Gasteiger partial charge in [-0.05, 0) is 18.9 Å². The first kappa shape index (κ1) is 14.6. The van der Waals surface area contributed by atoms with Crippen LogP contribution >= 0.6 is 12.2 Å². The van der Waals surface area contributed by atoms with Crippen LogP contribution in [0.3, 0.4) is 0 Å². The van der Waals surface area contributed by atoms with E-state index in [4.69, 9.17) is 18.0 Å². The third-order valence-corrected chi connectivity index (χ3v) is 3.25. The van der Waals surface area contributed by atoms with Gasteiger partial charge < -0.3 is 11.1 Å². The average Bonchev–Trinajstić information content (AvgIpc) is 2.35. The summed E-state index contributed by atoms with van der Waals surface area (Å²) in [6.07, 6.45) is 1.25. The molecule has 0 radical (unpaired) electrons. The van der Waals surface area contributed by atoms with Crippen LogP contribution in [0.5, 0.6) is 0 Å². The lowest BCUT2D eigenvalue weighted by Crippen LogP contribution is -2.33. The molecule has 0 aliphatic carbocycles. The molecule has 4 heteroatoms. The van der Waals surface area contributed by atoms with E-state index in [0.717, 1.165) is 6.42 Å². The number of nitrogens with one attached hydrogen (secondary N) is 1. The molecule has 1 aromatic rings. The van der Waals surface area contributed by atoms with Crippen molar-refractivity contribution < 1.29 is 4.79 Å². The van der Waals surface area contributed by atoms with Gasteiger partial charge in [-0.25, -0.2) is 0 Å². The second-order valence-corrected chi connectivity index (χ2v) is 5.06. The monoisotopic (exact) mass is 264 g/mol. The summed E-state index contributed by atoms with van der Waals surface area (Å²) in [5.74, 6) is 0.0852. The smallest absolute Gasteiger partial charge is 0.220 e. The molecule has 1 rings (SSSR count). The van der Waals surface area contributed by atoms with Gasteiger partial charge in [0.2, 0.25) is 5.91 Å². The number of benzene rings is 1. The molecule has 1 aromatic carbocycles. The Labute approximate surface area is 114 Å². The van der Waals surface area contributed by atoms with Crippen molar-refractivity contribution >= 4 is 23.1 Å². The zero-order valence-corrected chi connectivity index (χ0v) is 11.7. The lowest BCUT2D eigenvalue weighted by atomic mass is 10.1. The van der Waals surface area contributed by atoms with Gasteiger partial charge in [-0.15, -0.1) is 0 Å². The molecular formula is C14H20N2OS. The molecule has 98 valence electrons. The summed E-state index contributed by atoms with van der Waals surface area (Å²) in [5.41, 5.74) is 7.89. The predicted molar refractivity (Wildman–Crippen MR) is 78.5 cm³/mol. The van der Waals surface area contributed by atoms with E-state index in [1.807, 2.05) is 13.8 Å². The first-order valence-electron chi connectivity index (χ1n) is 6.10. The zero-order chi connectivity index (χ0) is 13.5. The number of carbonyl (C=O) groups excluding carboxylic acids is 1. The number of nitrogens with two attached hydrogens (primary N) is 1. The van der Waals surface area contributed by atoms with E-state index < -0.39 is 0 Å². The summed E-state index contributed by atoms with van der Waals surface area (Å²) in [6, 6.07) is 8.23. The Morgan fingerprint density at radius 1 is 1.39 bits per heavy atom. The molecule has 0 fully saturated rings. The van der Waals surface area contributed by atoms with Gasteiger partial charge in [0.25, 0.3) is 0 Å². The van der Waals surface area contributed by atoms with Crippen LogP contribution in [0.2, 0.25) is 0 Å². The Bertz CT molecular complexity index is 414. The second kappa shape index (κ2) is 7.11. The lowest BCUT2D eigenvalue weighted by Gasteiger charge is -2.10. The van der Waals surface area contributed by atoms with Crippen molar-refractivity contribution in [2.24, 2.45) is 11.7 Å². The first-order chi connectivity index (χ1) is 8.49. The van der Waals surface area contributed by atoms with Crippen LogP contribution in [0.4, 0.5) is 0 Å². The molecule has 1 unspecified atom stereocenters. The van der Waals surface area contributed by atoms with Crippen LogP contribution in [-0.4, -0.2) is 17.4 Å². The van der Waals surface area contributed by atoms with E-state index in [1.54, 1.807) is 0 Å². The summed E-state index contributed by atoms with van der Waals surface area (Å²) in [6.45, 7) is 4.47. The summed E-state index contributed by atoms with van der Waals surface area (Å²) in [4.78, 5) is 12.1. The topological polar surface area (TPSA) is 55.1 Å². The highest BCUT2D eigenvalue weighted by Gasteiger charge is 2.07. The Hall–Kier alpha value is -1.42. The zero-order valence-electron chi connectivity index (χ0n) is 10.9. The number of thiocarbonyl (C=S) groups is 1. The number of hydrogen-bond acceptors (Lipinski definition) is 2. The molecule has 0 heterocycles. The van der Waals surface area contributed by atoms with Crippen molar-refractivity contribution in [2.75, 3.05) is 6.54 Å². The van der Waals surface area contributed by atoms with Gasteiger partial charge in [0, 0.05) is 18.9 Å². The van der Waals surface area contributed by atoms with Crippen molar-refractivity contribution in [1.29, 1.82) is 0 Å². The van der Waals surface area contributed by atoms with E-state index in [0.29, 0.717) is 18.0 Å². The second-order valence-electron chi connectivity index (χ2n) is 4.59. The molecule has 3 nitrogen and oxygen atoms in total. The van der Waals surface area contributed by atoms with Crippen molar-refractivity contribution in [1.82, 2.24) is 5.32 Å². The van der Waals surface area contributed by atoms with E-state index in [2.05, 4.69) is 29.6 Å². The van der Waals surface area contributed by atoms with Crippen LogP contribution in [-0.2, 0) is 11.2 Å². The predicted octanol–water partition coefficient (Wildman–Crippen LogP) is 1.97.